The Bertz CT molecular complexity index is 129. The van der Waals surface area contributed by atoms with Gasteiger partial charge in [0.05, 0.1) is 0 Å². The molecular weight excluding hydrogens is 335 g/mol. The molecule has 0 amide bonds. The zero-order valence-electron chi connectivity index (χ0n) is 13.8. The summed E-state index contributed by atoms with van der Waals surface area (Å²) < 4.78 is 3.32. The van der Waals surface area contributed by atoms with E-state index in [0.29, 0.717) is 0 Å². The summed E-state index contributed by atoms with van der Waals surface area (Å²) >= 11 is 0.0623. The van der Waals surface area contributed by atoms with Crippen LogP contribution in [0.25, 0.3) is 0 Å². The molecule has 0 fully saturated rings. The van der Waals surface area contributed by atoms with Crippen molar-refractivity contribution in [3.05, 3.63) is 0 Å². The third kappa shape index (κ3) is 18.8. The minimum absolute atomic E-state index is 0.0623. The van der Waals surface area contributed by atoms with Crippen molar-refractivity contribution in [3.8, 4) is 0 Å². The molecule has 0 N–H and O–H groups in total. The van der Waals surface area contributed by atoms with Gasteiger partial charge in [-0.25, -0.2) is 0 Å². The van der Waals surface area contributed by atoms with Gasteiger partial charge in [0.15, 0.2) is 0 Å². The summed E-state index contributed by atoms with van der Waals surface area (Å²) in [6.45, 7) is 4.60. The molecule has 0 saturated carbocycles. The fourth-order valence-corrected chi connectivity index (χ4v) is 6.11. The van der Waals surface area contributed by atoms with Crippen molar-refractivity contribution < 1.29 is 0 Å². The average molecular weight is 373 g/mol. The van der Waals surface area contributed by atoms with Crippen molar-refractivity contribution in [1.82, 2.24) is 0 Å². The predicted molar refractivity (Wildman–Crippen MR) is 91.4 cm³/mol. The fraction of sp³-hybridized carbons (Fsp3) is 1.00. The maximum atomic E-state index is 2.30. The summed E-state index contributed by atoms with van der Waals surface area (Å²) in [5.74, 6) is 0. The molecule has 0 aromatic carbocycles. The van der Waals surface area contributed by atoms with Crippen LogP contribution in [0.3, 0.4) is 0 Å². The summed E-state index contributed by atoms with van der Waals surface area (Å²) in [4.78, 5) is 0. The minimum atomic E-state index is 0.0623. The number of unbranched alkanes of at least 4 members (excludes halogenated alkanes) is 12. The molecule has 114 valence electrons. The molecule has 0 heterocycles. The molecule has 0 aromatic heterocycles. The Morgan fingerprint density at radius 2 is 0.737 bits per heavy atom. The zero-order valence-corrected chi connectivity index (χ0v) is 16.7. The van der Waals surface area contributed by atoms with Crippen LogP contribution in [0.1, 0.15) is 104 Å². The third-order valence-corrected chi connectivity index (χ3v) is 7.95. The van der Waals surface area contributed by atoms with Crippen molar-refractivity contribution in [2.24, 2.45) is 0 Å². The van der Waals surface area contributed by atoms with Gasteiger partial charge < -0.3 is 0 Å². The van der Waals surface area contributed by atoms with Gasteiger partial charge in [-0.05, 0) is 0 Å². The molecule has 0 unspecified atom stereocenters. The summed E-state index contributed by atoms with van der Waals surface area (Å²) in [7, 11) is 0. The van der Waals surface area contributed by atoms with Crippen LogP contribution in [-0.4, -0.2) is 21.1 Å². The standard InChI is InChI=1S/2C9H19.Sn/c2*1-3-5-7-9-8-6-4-2;/h2*1,3-9H2,2H3;. The molecule has 1 heteroatoms. The molecule has 0 atom stereocenters. The first kappa shape index (κ1) is 19.8. The first-order valence-corrected chi connectivity index (χ1v) is 13.2. The Balaban J connectivity index is 2.88. The van der Waals surface area contributed by atoms with Gasteiger partial charge in [0, 0.05) is 0 Å². The quantitative estimate of drug-likeness (QED) is 0.201. The second kappa shape index (κ2) is 18.8. The van der Waals surface area contributed by atoms with E-state index in [4.69, 9.17) is 0 Å². The molecule has 0 nitrogen and oxygen atoms in total. The average Bonchev–Trinajstić information content (AvgIpc) is 2.43. The van der Waals surface area contributed by atoms with E-state index in [1.54, 1.807) is 21.7 Å². The van der Waals surface area contributed by atoms with E-state index in [-0.39, 0.29) is 21.1 Å². The van der Waals surface area contributed by atoms with Crippen LogP contribution >= 0.6 is 0 Å². The molecule has 0 aliphatic heterocycles. The Morgan fingerprint density at radius 3 is 1.11 bits per heavy atom. The normalized spacial score (nSPS) is 11.1. The number of hydrogen-bond donors (Lipinski definition) is 0. The predicted octanol–water partition coefficient (Wildman–Crippen LogP) is 7.03. The Kier molecular flexibility index (Phi) is 19.6. The molecular formula is C18H38Sn. The first-order valence-electron chi connectivity index (χ1n) is 9.12. The van der Waals surface area contributed by atoms with Crippen LogP contribution in [0.5, 0.6) is 0 Å². The van der Waals surface area contributed by atoms with Gasteiger partial charge in [-0.3, -0.25) is 0 Å². The molecule has 2 radical (unpaired) electrons. The van der Waals surface area contributed by atoms with Crippen LogP contribution in [0.15, 0.2) is 0 Å². The van der Waals surface area contributed by atoms with Crippen LogP contribution < -0.4 is 0 Å². The monoisotopic (exact) mass is 374 g/mol. The molecule has 0 aliphatic carbocycles. The van der Waals surface area contributed by atoms with E-state index < -0.39 is 0 Å². The van der Waals surface area contributed by atoms with E-state index in [1.165, 1.54) is 77.0 Å². The molecule has 0 spiro atoms. The summed E-state index contributed by atoms with van der Waals surface area (Å²) in [6, 6.07) is 0. The molecule has 0 aliphatic rings. The van der Waals surface area contributed by atoms with Crippen molar-refractivity contribution >= 4 is 21.1 Å². The third-order valence-electron chi connectivity index (χ3n) is 3.91. The Hall–Kier alpha value is 0.799. The van der Waals surface area contributed by atoms with Crippen LogP contribution in [0, 0.1) is 0 Å². The summed E-state index contributed by atoms with van der Waals surface area (Å²) in [5.41, 5.74) is 0. The number of hydrogen-bond acceptors (Lipinski definition) is 0. The van der Waals surface area contributed by atoms with Gasteiger partial charge >= 0.3 is 134 Å². The first-order chi connectivity index (χ1) is 9.41. The Morgan fingerprint density at radius 1 is 0.421 bits per heavy atom. The Labute approximate surface area is 133 Å². The van der Waals surface area contributed by atoms with Crippen molar-refractivity contribution in [2.75, 3.05) is 0 Å². The van der Waals surface area contributed by atoms with Gasteiger partial charge in [-0.2, -0.15) is 0 Å². The van der Waals surface area contributed by atoms with Crippen LogP contribution in [0.4, 0.5) is 0 Å². The van der Waals surface area contributed by atoms with Gasteiger partial charge in [-0.15, -0.1) is 0 Å². The van der Waals surface area contributed by atoms with Gasteiger partial charge in [-0.1, -0.05) is 0 Å². The van der Waals surface area contributed by atoms with E-state index >= 15 is 0 Å². The van der Waals surface area contributed by atoms with Gasteiger partial charge in [0.2, 0.25) is 0 Å². The van der Waals surface area contributed by atoms with Crippen molar-refractivity contribution in [2.45, 2.75) is 113 Å². The zero-order chi connectivity index (χ0) is 14.0. The molecule has 0 rings (SSSR count). The van der Waals surface area contributed by atoms with Crippen LogP contribution in [0.2, 0.25) is 8.87 Å². The summed E-state index contributed by atoms with van der Waals surface area (Å²) in [5, 5.41) is 0. The van der Waals surface area contributed by atoms with Crippen LogP contribution in [-0.2, 0) is 0 Å². The maximum absolute atomic E-state index is 2.30. The second-order valence-corrected chi connectivity index (χ2v) is 10.3. The van der Waals surface area contributed by atoms with E-state index in [0.717, 1.165) is 0 Å². The molecule has 19 heavy (non-hydrogen) atoms. The van der Waals surface area contributed by atoms with Gasteiger partial charge in [0.25, 0.3) is 0 Å². The van der Waals surface area contributed by atoms with Crippen molar-refractivity contribution in [3.63, 3.8) is 0 Å². The van der Waals surface area contributed by atoms with E-state index in [2.05, 4.69) is 13.8 Å². The molecule has 0 bridgehead atoms. The SMILES string of the molecule is CCCCCCCC[CH2][Sn][CH2]CCCCCCCC. The van der Waals surface area contributed by atoms with E-state index in [1.807, 2.05) is 0 Å². The van der Waals surface area contributed by atoms with Crippen molar-refractivity contribution in [1.29, 1.82) is 0 Å². The molecule has 0 aromatic rings. The second-order valence-electron chi connectivity index (χ2n) is 5.99. The number of rotatable bonds is 16. The fourth-order valence-electron chi connectivity index (χ4n) is 2.54. The van der Waals surface area contributed by atoms with Gasteiger partial charge in [0.1, 0.15) is 0 Å². The summed E-state index contributed by atoms with van der Waals surface area (Å²) in [6.07, 6.45) is 20.8. The topological polar surface area (TPSA) is 0 Å². The van der Waals surface area contributed by atoms with E-state index in [9.17, 15) is 0 Å². The molecule has 0 saturated heterocycles.